The van der Waals surface area contributed by atoms with Gasteiger partial charge in [-0.2, -0.15) is 0 Å². The topological polar surface area (TPSA) is 83.7 Å². The molecule has 0 saturated carbocycles. The second-order valence-electron chi connectivity index (χ2n) is 4.89. The minimum Gasteiger partial charge on any atom is -0.481 e. The van der Waals surface area contributed by atoms with Crippen molar-refractivity contribution in [1.29, 1.82) is 0 Å². The molecule has 0 radical (unpaired) electrons. The van der Waals surface area contributed by atoms with Crippen LogP contribution in [0.5, 0.6) is 0 Å². The van der Waals surface area contributed by atoms with Gasteiger partial charge in [0.15, 0.2) is 0 Å². The smallest absolute Gasteiger partial charge is 0.304 e. The molecule has 108 valence electrons. The molecular formula is C13H15FN2O4. The molecule has 0 amide bonds. The van der Waals surface area contributed by atoms with Crippen LogP contribution in [0.25, 0.3) is 0 Å². The highest BCUT2D eigenvalue weighted by atomic mass is 19.1. The Kier molecular flexibility index (Phi) is 4.29. The molecule has 1 aliphatic heterocycles. The molecule has 1 N–H and O–H groups in total. The molecular weight excluding hydrogens is 267 g/mol. The fourth-order valence-electron chi connectivity index (χ4n) is 2.61. The van der Waals surface area contributed by atoms with Crippen LogP contribution in [-0.2, 0) is 11.3 Å². The summed E-state index contributed by atoms with van der Waals surface area (Å²) >= 11 is 0. The molecule has 1 aromatic rings. The van der Waals surface area contributed by atoms with E-state index in [1.807, 2.05) is 4.90 Å². The number of carboxylic acids is 1. The lowest BCUT2D eigenvalue weighted by Crippen LogP contribution is -2.31. The Bertz CT molecular complexity index is 535. The number of rotatable bonds is 5. The minimum absolute atomic E-state index is 0.00309. The van der Waals surface area contributed by atoms with Gasteiger partial charge in [-0.25, -0.2) is 4.39 Å². The van der Waals surface area contributed by atoms with Crippen LogP contribution in [-0.4, -0.2) is 33.5 Å². The highest BCUT2D eigenvalue weighted by molar-refractivity contribution is 5.67. The van der Waals surface area contributed by atoms with Crippen molar-refractivity contribution < 1.29 is 19.2 Å². The lowest BCUT2D eigenvalue weighted by atomic mass is 10.1. The van der Waals surface area contributed by atoms with Gasteiger partial charge in [0.2, 0.25) is 0 Å². The van der Waals surface area contributed by atoms with Crippen LogP contribution < -0.4 is 0 Å². The zero-order valence-electron chi connectivity index (χ0n) is 10.8. The quantitative estimate of drug-likeness (QED) is 0.661. The SMILES string of the molecule is O=C(O)CC1CCCN1Cc1cc(F)ccc1[N+](=O)[O-]. The first-order valence-corrected chi connectivity index (χ1v) is 6.36. The van der Waals surface area contributed by atoms with Crippen molar-refractivity contribution in [3.63, 3.8) is 0 Å². The zero-order chi connectivity index (χ0) is 14.7. The molecule has 2 rings (SSSR count). The number of hydrogen-bond acceptors (Lipinski definition) is 4. The van der Waals surface area contributed by atoms with Crippen molar-refractivity contribution in [2.75, 3.05) is 6.54 Å². The largest absolute Gasteiger partial charge is 0.481 e. The van der Waals surface area contributed by atoms with Gasteiger partial charge in [-0.3, -0.25) is 19.8 Å². The van der Waals surface area contributed by atoms with Gasteiger partial charge >= 0.3 is 5.97 Å². The first-order valence-electron chi connectivity index (χ1n) is 6.36. The average Bonchev–Trinajstić information content (AvgIpc) is 2.75. The number of aliphatic carboxylic acids is 1. The number of benzene rings is 1. The van der Waals surface area contributed by atoms with Crippen molar-refractivity contribution in [3.05, 3.63) is 39.7 Å². The van der Waals surface area contributed by atoms with Crippen molar-refractivity contribution >= 4 is 11.7 Å². The molecule has 7 heteroatoms. The Hall–Kier alpha value is -2.02. The van der Waals surface area contributed by atoms with E-state index in [0.29, 0.717) is 6.54 Å². The number of likely N-dealkylation sites (tertiary alicyclic amines) is 1. The third-order valence-corrected chi connectivity index (χ3v) is 3.52. The molecule has 1 aromatic carbocycles. The first-order chi connectivity index (χ1) is 9.47. The number of halogens is 1. The number of nitro benzene ring substituents is 1. The Morgan fingerprint density at radius 2 is 2.30 bits per heavy atom. The van der Waals surface area contributed by atoms with Crippen LogP contribution >= 0.6 is 0 Å². The number of carboxylic acid groups (broad SMARTS) is 1. The first kappa shape index (κ1) is 14.4. The monoisotopic (exact) mass is 282 g/mol. The van der Waals surface area contributed by atoms with Crippen LogP contribution in [0.2, 0.25) is 0 Å². The summed E-state index contributed by atoms with van der Waals surface area (Å²) in [6.07, 6.45) is 1.60. The molecule has 1 atom stereocenters. The third kappa shape index (κ3) is 3.30. The molecule has 6 nitrogen and oxygen atoms in total. The molecule has 1 saturated heterocycles. The van der Waals surface area contributed by atoms with E-state index in [1.165, 1.54) is 0 Å². The van der Waals surface area contributed by atoms with Crippen molar-refractivity contribution in [2.24, 2.45) is 0 Å². The average molecular weight is 282 g/mol. The predicted molar refractivity (Wildman–Crippen MR) is 68.7 cm³/mol. The molecule has 0 spiro atoms. The summed E-state index contributed by atoms with van der Waals surface area (Å²) < 4.78 is 13.3. The lowest BCUT2D eigenvalue weighted by molar-refractivity contribution is -0.385. The van der Waals surface area contributed by atoms with Gasteiger partial charge in [0.05, 0.1) is 11.3 Å². The van der Waals surface area contributed by atoms with Gasteiger partial charge in [-0.15, -0.1) is 0 Å². The maximum Gasteiger partial charge on any atom is 0.304 e. The maximum absolute atomic E-state index is 13.3. The number of hydrogen-bond donors (Lipinski definition) is 1. The molecule has 0 aromatic heterocycles. The Balaban J connectivity index is 2.18. The van der Waals surface area contributed by atoms with E-state index < -0.39 is 16.7 Å². The molecule has 0 bridgehead atoms. The van der Waals surface area contributed by atoms with Gasteiger partial charge < -0.3 is 5.11 Å². The highest BCUT2D eigenvalue weighted by Crippen LogP contribution is 2.27. The normalized spacial score (nSPS) is 19.1. The van der Waals surface area contributed by atoms with E-state index in [1.54, 1.807) is 0 Å². The molecule has 1 unspecified atom stereocenters. The summed E-state index contributed by atoms with van der Waals surface area (Å²) in [6, 6.07) is 3.21. The summed E-state index contributed by atoms with van der Waals surface area (Å²) in [4.78, 5) is 23.1. The van der Waals surface area contributed by atoms with Crippen molar-refractivity contribution in [3.8, 4) is 0 Å². The predicted octanol–water partition coefficient (Wildman–Crippen LogP) is 2.17. The van der Waals surface area contributed by atoms with Gasteiger partial charge in [-0.1, -0.05) is 0 Å². The fraction of sp³-hybridized carbons (Fsp3) is 0.462. The molecule has 20 heavy (non-hydrogen) atoms. The molecule has 0 aliphatic carbocycles. The summed E-state index contributed by atoms with van der Waals surface area (Å²) in [5.74, 6) is -1.42. The highest BCUT2D eigenvalue weighted by Gasteiger charge is 2.28. The summed E-state index contributed by atoms with van der Waals surface area (Å²) in [6.45, 7) is 0.873. The van der Waals surface area contributed by atoms with Gasteiger partial charge in [0, 0.05) is 24.2 Å². The van der Waals surface area contributed by atoms with Crippen LogP contribution in [0.1, 0.15) is 24.8 Å². The fourth-order valence-corrected chi connectivity index (χ4v) is 2.61. The van der Waals surface area contributed by atoms with E-state index >= 15 is 0 Å². The van der Waals surface area contributed by atoms with E-state index in [9.17, 15) is 19.3 Å². The van der Waals surface area contributed by atoms with Crippen LogP contribution in [0.15, 0.2) is 18.2 Å². The van der Waals surface area contributed by atoms with Crippen molar-refractivity contribution in [2.45, 2.75) is 31.8 Å². The lowest BCUT2D eigenvalue weighted by Gasteiger charge is -2.23. The summed E-state index contributed by atoms with van der Waals surface area (Å²) in [5, 5.41) is 19.8. The van der Waals surface area contributed by atoms with Gasteiger partial charge in [0.1, 0.15) is 5.82 Å². The van der Waals surface area contributed by atoms with Gasteiger partial charge in [-0.05, 0) is 31.5 Å². The zero-order valence-corrected chi connectivity index (χ0v) is 10.8. The van der Waals surface area contributed by atoms with Gasteiger partial charge in [0.25, 0.3) is 5.69 Å². The maximum atomic E-state index is 13.3. The molecule has 1 heterocycles. The molecule has 1 fully saturated rings. The standard InChI is InChI=1S/C13H15FN2O4/c14-10-3-4-12(16(19)20)9(6-10)8-15-5-1-2-11(15)7-13(17)18/h3-4,6,11H,1-2,5,7-8H2,(H,17,18). The number of nitro groups is 1. The van der Waals surface area contributed by atoms with E-state index in [4.69, 9.17) is 5.11 Å². The van der Waals surface area contributed by atoms with E-state index in [-0.39, 0.29) is 30.3 Å². The Labute approximate surface area is 115 Å². The third-order valence-electron chi connectivity index (χ3n) is 3.52. The Morgan fingerprint density at radius 3 is 2.95 bits per heavy atom. The molecule has 1 aliphatic rings. The summed E-state index contributed by atoms with van der Waals surface area (Å²) in [5.41, 5.74) is 0.152. The van der Waals surface area contributed by atoms with E-state index in [2.05, 4.69) is 0 Å². The summed E-state index contributed by atoms with van der Waals surface area (Å²) in [7, 11) is 0. The second kappa shape index (κ2) is 5.96. The number of nitrogens with zero attached hydrogens (tertiary/aromatic N) is 2. The van der Waals surface area contributed by atoms with Crippen LogP contribution in [0, 0.1) is 15.9 Å². The number of carbonyl (C=O) groups is 1. The van der Waals surface area contributed by atoms with E-state index in [0.717, 1.165) is 31.0 Å². The van der Waals surface area contributed by atoms with Crippen LogP contribution in [0.4, 0.5) is 10.1 Å². The minimum atomic E-state index is -0.893. The van der Waals surface area contributed by atoms with Crippen molar-refractivity contribution in [1.82, 2.24) is 4.90 Å². The van der Waals surface area contributed by atoms with Crippen LogP contribution in [0.3, 0.4) is 0 Å². The second-order valence-corrected chi connectivity index (χ2v) is 4.89. The Morgan fingerprint density at radius 1 is 1.55 bits per heavy atom.